The molecule has 0 aliphatic rings. The first-order valence-corrected chi connectivity index (χ1v) is 6.92. The number of halogens is 2. The van der Waals surface area contributed by atoms with E-state index >= 15 is 0 Å². The van der Waals surface area contributed by atoms with Crippen LogP contribution in [0.25, 0.3) is 22.2 Å². The number of hydrogen-bond acceptors (Lipinski definition) is 2. The number of nitrogens with zero attached hydrogens (tertiary/aromatic N) is 1. The average Bonchev–Trinajstić information content (AvgIpc) is 2.82. The molecule has 0 fully saturated rings. The van der Waals surface area contributed by atoms with Gasteiger partial charge < -0.3 is 9.97 Å². The summed E-state index contributed by atoms with van der Waals surface area (Å²) in [5.74, 6) is 0. The number of nitrogens with one attached hydrogen (secondary N) is 2. The molecular formula is C15H9Cl2N3O. The van der Waals surface area contributed by atoms with Crippen molar-refractivity contribution in [2.75, 3.05) is 0 Å². The number of fused-ring (bicyclic) bond motifs is 1. The second-order valence-electron chi connectivity index (χ2n) is 4.57. The van der Waals surface area contributed by atoms with Gasteiger partial charge in [-0.05, 0) is 29.3 Å². The number of benzene rings is 2. The Bertz CT molecular complexity index is 934. The van der Waals surface area contributed by atoms with Crippen LogP contribution in [0.1, 0.15) is 5.56 Å². The van der Waals surface area contributed by atoms with Crippen molar-refractivity contribution in [1.82, 2.24) is 9.97 Å². The Morgan fingerprint density at radius 1 is 1.10 bits per heavy atom. The molecule has 2 aromatic carbocycles. The topological polar surface area (TPSA) is 72.4 Å². The minimum Gasteiger partial charge on any atom is -0.306 e. The molecule has 0 radical (unpaired) electrons. The molecule has 0 aliphatic heterocycles. The summed E-state index contributed by atoms with van der Waals surface area (Å²) >= 11 is 12.4. The fraction of sp³-hybridized carbons (Fsp3) is 0.0667. The lowest BCUT2D eigenvalue weighted by Crippen LogP contribution is -1.99. The Hall–Kier alpha value is -2.22. The van der Waals surface area contributed by atoms with Crippen molar-refractivity contribution in [2.24, 2.45) is 0 Å². The van der Waals surface area contributed by atoms with E-state index in [0.29, 0.717) is 21.1 Å². The molecule has 0 aliphatic carbocycles. The van der Waals surface area contributed by atoms with E-state index in [1.165, 1.54) is 0 Å². The lowest BCUT2D eigenvalue weighted by Gasteiger charge is -2.11. The molecule has 0 spiro atoms. The predicted molar refractivity (Wildman–Crippen MR) is 83.7 cm³/mol. The fourth-order valence-corrected chi connectivity index (χ4v) is 2.77. The van der Waals surface area contributed by atoms with Gasteiger partial charge in [-0.1, -0.05) is 35.3 Å². The van der Waals surface area contributed by atoms with Gasteiger partial charge in [-0.2, -0.15) is 5.26 Å². The van der Waals surface area contributed by atoms with Gasteiger partial charge in [0.1, 0.15) is 0 Å². The maximum Gasteiger partial charge on any atom is 0.323 e. The van der Waals surface area contributed by atoms with Crippen molar-refractivity contribution in [1.29, 1.82) is 5.26 Å². The molecule has 0 atom stereocenters. The lowest BCUT2D eigenvalue weighted by atomic mass is 9.97. The van der Waals surface area contributed by atoms with Crippen molar-refractivity contribution < 1.29 is 0 Å². The Kier molecular flexibility index (Phi) is 3.46. The summed E-state index contributed by atoms with van der Waals surface area (Å²) in [4.78, 5) is 16.7. The SMILES string of the molecule is N#CCc1ccc(Cl)c(Cl)c1-c1ccc2[nH]c(=O)[nH]c2c1. The van der Waals surface area contributed by atoms with Gasteiger partial charge in [0.25, 0.3) is 0 Å². The second kappa shape index (κ2) is 5.28. The van der Waals surface area contributed by atoms with Crippen LogP contribution in [-0.2, 0) is 6.42 Å². The smallest absolute Gasteiger partial charge is 0.306 e. The number of H-pyrrole nitrogens is 2. The van der Waals surface area contributed by atoms with Gasteiger partial charge in [0.15, 0.2) is 0 Å². The highest BCUT2D eigenvalue weighted by Crippen LogP contribution is 2.37. The first-order valence-electron chi connectivity index (χ1n) is 6.16. The number of aromatic nitrogens is 2. The largest absolute Gasteiger partial charge is 0.323 e. The zero-order chi connectivity index (χ0) is 15.0. The zero-order valence-corrected chi connectivity index (χ0v) is 12.2. The Morgan fingerprint density at radius 2 is 1.86 bits per heavy atom. The highest BCUT2D eigenvalue weighted by molar-refractivity contribution is 6.43. The van der Waals surface area contributed by atoms with Crippen molar-refractivity contribution in [2.45, 2.75) is 6.42 Å². The molecule has 0 unspecified atom stereocenters. The molecule has 0 saturated carbocycles. The molecule has 4 nitrogen and oxygen atoms in total. The summed E-state index contributed by atoms with van der Waals surface area (Å²) < 4.78 is 0. The Morgan fingerprint density at radius 3 is 2.62 bits per heavy atom. The van der Waals surface area contributed by atoms with Crippen molar-refractivity contribution in [3.63, 3.8) is 0 Å². The third-order valence-corrected chi connectivity index (χ3v) is 4.06. The van der Waals surface area contributed by atoms with E-state index in [2.05, 4.69) is 16.0 Å². The van der Waals surface area contributed by atoms with Crippen molar-refractivity contribution >= 4 is 34.2 Å². The molecule has 3 rings (SSSR count). The molecule has 6 heteroatoms. The summed E-state index contributed by atoms with van der Waals surface area (Å²) in [6.07, 6.45) is 0.230. The van der Waals surface area contributed by atoms with Gasteiger partial charge in [-0.3, -0.25) is 0 Å². The number of imidazole rings is 1. The third kappa shape index (κ3) is 2.42. The predicted octanol–water partition coefficient (Wildman–Crippen LogP) is 3.90. The molecule has 0 amide bonds. The number of nitriles is 1. The third-order valence-electron chi connectivity index (χ3n) is 3.26. The normalized spacial score (nSPS) is 10.7. The maximum atomic E-state index is 11.3. The van der Waals surface area contributed by atoms with Crippen LogP contribution in [-0.4, -0.2) is 9.97 Å². The van der Waals surface area contributed by atoms with E-state index in [-0.39, 0.29) is 12.1 Å². The van der Waals surface area contributed by atoms with Crippen LogP contribution in [0.3, 0.4) is 0 Å². The van der Waals surface area contributed by atoms with Crippen LogP contribution in [0.15, 0.2) is 35.1 Å². The molecule has 0 saturated heterocycles. The molecular weight excluding hydrogens is 309 g/mol. The summed E-state index contributed by atoms with van der Waals surface area (Å²) in [5.41, 5.74) is 3.44. The van der Waals surface area contributed by atoms with E-state index in [0.717, 1.165) is 16.7 Å². The number of hydrogen-bond donors (Lipinski definition) is 2. The van der Waals surface area contributed by atoms with Gasteiger partial charge in [0, 0.05) is 5.56 Å². The zero-order valence-electron chi connectivity index (χ0n) is 10.7. The summed E-state index contributed by atoms with van der Waals surface area (Å²) in [6, 6.07) is 11.0. The Labute approximate surface area is 129 Å². The minimum atomic E-state index is -0.267. The summed E-state index contributed by atoms with van der Waals surface area (Å²) in [6.45, 7) is 0. The number of rotatable bonds is 2. The summed E-state index contributed by atoms with van der Waals surface area (Å²) in [5, 5.41) is 9.78. The second-order valence-corrected chi connectivity index (χ2v) is 5.36. The van der Waals surface area contributed by atoms with Gasteiger partial charge in [0.2, 0.25) is 0 Å². The van der Waals surface area contributed by atoms with Crippen LogP contribution >= 0.6 is 23.2 Å². The van der Waals surface area contributed by atoms with E-state index < -0.39 is 0 Å². The molecule has 2 N–H and O–H groups in total. The highest BCUT2D eigenvalue weighted by atomic mass is 35.5. The van der Waals surface area contributed by atoms with Crippen molar-refractivity contribution in [3.05, 3.63) is 56.4 Å². The molecule has 104 valence electrons. The Balaban J connectivity index is 2.28. The molecule has 0 bridgehead atoms. The van der Waals surface area contributed by atoms with Gasteiger partial charge in [-0.15, -0.1) is 0 Å². The van der Waals surface area contributed by atoms with Gasteiger partial charge in [-0.25, -0.2) is 4.79 Å². The standard InChI is InChI=1S/C15H9Cl2N3O/c16-10-3-1-8(5-6-18)13(14(10)17)9-2-4-11-12(7-9)20-15(21)19-11/h1-4,7H,5H2,(H2,19,20,21). The molecule has 1 heterocycles. The van der Waals surface area contributed by atoms with Crippen LogP contribution in [0, 0.1) is 11.3 Å². The first kappa shape index (κ1) is 13.7. The molecule has 21 heavy (non-hydrogen) atoms. The quantitative estimate of drug-likeness (QED) is 0.752. The van der Waals surface area contributed by atoms with Crippen LogP contribution in [0.4, 0.5) is 0 Å². The van der Waals surface area contributed by atoms with Crippen LogP contribution < -0.4 is 5.69 Å². The maximum absolute atomic E-state index is 11.3. The van der Waals surface area contributed by atoms with Gasteiger partial charge >= 0.3 is 5.69 Å². The van der Waals surface area contributed by atoms with E-state index in [9.17, 15) is 4.79 Å². The minimum absolute atomic E-state index is 0.230. The van der Waals surface area contributed by atoms with Crippen LogP contribution in [0.5, 0.6) is 0 Å². The van der Waals surface area contributed by atoms with E-state index in [4.69, 9.17) is 28.5 Å². The van der Waals surface area contributed by atoms with E-state index in [1.807, 2.05) is 12.1 Å². The number of aromatic amines is 2. The molecule has 1 aromatic heterocycles. The monoisotopic (exact) mass is 317 g/mol. The van der Waals surface area contributed by atoms with E-state index in [1.54, 1.807) is 18.2 Å². The fourth-order valence-electron chi connectivity index (χ4n) is 2.32. The summed E-state index contributed by atoms with van der Waals surface area (Å²) in [7, 11) is 0. The van der Waals surface area contributed by atoms with Gasteiger partial charge in [0.05, 0.1) is 33.6 Å². The lowest BCUT2D eigenvalue weighted by molar-refractivity contribution is 1.21. The molecule has 3 aromatic rings. The first-order chi connectivity index (χ1) is 10.1. The van der Waals surface area contributed by atoms with Crippen LogP contribution in [0.2, 0.25) is 10.0 Å². The van der Waals surface area contributed by atoms with Crippen molar-refractivity contribution in [3.8, 4) is 17.2 Å². The highest BCUT2D eigenvalue weighted by Gasteiger charge is 2.13. The average molecular weight is 318 g/mol.